The molecule has 4 N–H and O–H groups in total. The van der Waals surface area contributed by atoms with Crippen molar-refractivity contribution in [3.8, 4) is 0 Å². The summed E-state index contributed by atoms with van der Waals surface area (Å²) in [7, 11) is 0. The normalized spacial score (nSPS) is 19.2. The van der Waals surface area contributed by atoms with Crippen molar-refractivity contribution in [1.29, 1.82) is 0 Å². The van der Waals surface area contributed by atoms with Crippen LogP contribution >= 0.6 is 0 Å². The second-order valence-corrected chi connectivity index (χ2v) is 4.92. The number of nitrogens with zero attached hydrogens (tertiary/aromatic N) is 1. The quantitative estimate of drug-likeness (QED) is 0.532. The number of nitrogen functional groups attached to an aromatic ring is 1. The van der Waals surface area contributed by atoms with Crippen molar-refractivity contribution in [1.82, 2.24) is 10.2 Å². The molecule has 0 aliphatic carbocycles. The molecule has 7 heteroatoms. The SMILES string of the molecule is CCC1C(=O)NC(=O)CN1CC(=O)Nc1cccc(N)c1. The Balaban J connectivity index is 2.00. The number of hydrogen-bond donors (Lipinski definition) is 3. The Morgan fingerprint density at radius 2 is 2.24 bits per heavy atom. The van der Waals surface area contributed by atoms with Gasteiger partial charge in [-0.1, -0.05) is 13.0 Å². The number of nitrogens with two attached hydrogens (primary N) is 1. The van der Waals surface area contributed by atoms with Crippen molar-refractivity contribution in [3.63, 3.8) is 0 Å². The lowest BCUT2D eigenvalue weighted by atomic mass is 10.1. The largest absolute Gasteiger partial charge is 0.399 e. The van der Waals surface area contributed by atoms with Crippen molar-refractivity contribution in [3.05, 3.63) is 24.3 Å². The van der Waals surface area contributed by atoms with E-state index in [2.05, 4.69) is 10.6 Å². The van der Waals surface area contributed by atoms with Gasteiger partial charge >= 0.3 is 0 Å². The molecule has 21 heavy (non-hydrogen) atoms. The van der Waals surface area contributed by atoms with Crippen molar-refractivity contribution in [2.75, 3.05) is 24.1 Å². The maximum absolute atomic E-state index is 12.0. The summed E-state index contributed by atoms with van der Waals surface area (Å²) in [5.74, 6) is -1.03. The lowest BCUT2D eigenvalue weighted by molar-refractivity contribution is -0.140. The van der Waals surface area contributed by atoms with Crippen LogP contribution in [0.25, 0.3) is 0 Å². The maximum Gasteiger partial charge on any atom is 0.243 e. The smallest absolute Gasteiger partial charge is 0.243 e. The van der Waals surface area contributed by atoms with E-state index in [1.807, 2.05) is 6.92 Å². The summed E-state index contributed by atoms with van der Waals surface area (Å²) in [5, 5.41) is 4.97. The topological polar surface area (TPSA) is 105 Å². The number of benzene rings is 1. The van der Waals surface area contributed by atoms with Crippen LogP contribution in [-0.4, -0.2) is 41.8 Å². The summed E-state index contributed by atoms with van der Waals surface area (Å²) >= 11 is 0. The molecule has 1 heterocycles. The minimum Gasteiger partial charge on any atom is -0.399 e. The first kappa shape index (κ1) is 15.0. The molecule has 0 spiro atoms. The van der Waals surface area contributed by atoms with Gasteiger partial charge in [-0.25, -0.2) is 0 Å². The van der Waals surface area contributed by atoms with E-state index < -0.39 is 6.04 Å². The number of nitrogens with one attached hydrogen (secondary N) is 2. The van der Waals surface area contributed by atoms with Gasteiger partial charge in [-0.3, -0.25) is 24.6 Å². The highest BCUT2D eigenvalue weighted by Gasteiger charge is 2.33. The number of piperazine rings is 1. The molecule has 0 aromatic heterocycles. The summed E-state index contributed by atoms with van der Waals surface area (Å²) < 4.78 is 0. The van der Waals surface area contributed by atoms with Gasteiger partial charge < -0.3 is 11.1 Å². The first-order valence-corrected chi connectivity index (χ1v) is 6.72. The number of rotatable bonds is 4. The standard InChI is InChI=1S/C14H18N4O3/c1-2-11-14(21)17-13(20)8-18(11)7-12(19)16-10-5-3-4-9(15)6-10/h3-6,11H,2,7-8,15H2,1H3,(H,16,19)(H,17,20,21). The molecule has 1 aliphatic heterocycles. The minimum atomic E-state index is -0.464. The predicted molar refractivity (Wildman–Crippen MR) is 78.3 cm³/mol. The lowest BCUT2D eigenvalue weighted by Crippen LogP contribution is -2.59. The average molecular weight is 290 g/mol. The van der Waals surface area contributed by atoms with Gasteiger partial charge in [0.15, 0.2) is 0 Å². The number of hydrogen-bond acceptors (Lipinski definition) is 5. The van der Waals surface area contributed by atoms with Gasteiger partial charge in [-0.15, -0.1) is 0 Å². The molecular formula is C14H18N4O3. The van der Waals surface area contributed by atoms with E-state index in [0.29, 0.717) is 17.8 Å². The van der Waals surface area contributed by atoms with Crippen LogP contribution in [0.2, 0.25) is 0 Å². The summed E-state index contributed by atoms with van der Waals surface area (Å²) in [6.07, 6.45) is 0.532. The fourth-order valence-electron chi connectivity index (χ4n) is 2.33. The zero-order valence-electron chi connectivity index (χ0n) is 11.8. The summed E-state index contributed by atoms with van der Waals surface area (Å²) in [6.45, 7) is 1.85. The van der Waals surface area contributed by atoms with Crippen LogP contribution in [-0.2, 0) is 14.4 Å². The van der Waals surface area contributed by atoms with E-state index in [-0.39, 0.29) is 30.8 Å². The van der Waals surface area contributed by atoms with E-state index in [1.165, 1.54) is 0 Å². The van der Waals surface area contributed by atoms with Crippen molar-refractivity contribution in [2.24, 2.45) is 0 Å². The summed E-state index contributed by atoms with van der Waals surface area (Å²) in [5.41, 5.74) is 6.77. The monoisotopic (exact) mass is 290 g/mol. The van der Waals surface area contributed by atoms with Crippen LogP contribution in [0.15, 0.2) is 24.3 Å². The van der Waals surface area contributed by atoms with Crippen LogP contribution in [0.1, 0.15) is 13.3 Å². The Bertz CT molecular complexity index is 573. The fourth-order valence-corrected chi connectivity index (χ4v) is 2.33. The third-order valence-corrected chi connectivity index (χ3v) is 3.26. The van der Waals surface area contributed by atoms with Gasteiger partial charge in [0.1, 0.15) is 0 Å². The first-order valence-electron chi connectivity index (χ1n) is 6.72. The van der Waals surface area contributed by atoms with Crippen LogP contribution in [0, 0.1) is 0 Å². The molecule has 0 bridgehead atoms. The molecule has 112 valence electrons. The van der Waals surface area contributed by atoms with Crippen molar-refractivity contribution < 1.29 is 14.4 Å². The summed E-state index contributed by atoms with van der Waals surface area (Å²) in [4.78, 5) is 36.7. The second kappa shape index (κ2) is 6.36. The van der Waals surface area contributed by atoms with Gasteiger partial charge in [0.05, 0.1) is 19.1 Å². The van der Waals surface area contributed by atoms with Gasteiger partial charge in [0, 0.05) is 11.4 Å². The number of anilines is 2. The zero-order valence-corrected chi connectivity index (χ0v) is 11.8. The molecule has 2 rings (SSSR count). The van der Waals surface area contributed by atoms with Crippen LogP contribution < -0.4 is 16.4 Å². The molecular weight excluding hydrogens is 272 g/mol. The molecule has 7 nitrogen and oxygen atoms in total. The van der Waals surface area contributed by atoms with E-state index in [0.717, 1.165) is 0 Å². The van der Waals surface area contributed by atoms with Gasteiger partial charge in [0.25, 0.3) is 0 Å². The van der Waals surface area contributed by atoms with Crippen LogP contribution in [0.5, 0.6) is 0 Å². The highest BCUT2D eigenvalue weighted by Crippen LogP contribution is 2.13. The molecule has 3 amide bonds. The molecule has 1 atom stereocenters. The molecule has 1 aliphatic rings. The third-order valence-electron chi connectivity index (χ3n) is 3.26. The molecule has 0 saturated carbocycles. The fraction of sp³-hybridized carbons (Fsp3) is 0.357. The molecule has 1 fully saturated rings. The molecule has 0 radical (unpaired) electrons. The Morgan fingerprint density at radius 3 is 2.90 bits per heavy atom. The number of amides is 3. The van der Waals surface area contributed by atoms with Crippen molar-refractivity contribution in [2.45, 2.75) is 19.4 Å². The lowest BCUT2D eigenvalue weighted by Gasteiger charge is -2.32. The van der Waals surface area contributed by atoms with Gasteiger partial charge in [-0.05, 0) is 24.6 Å². The van der Waals surface area contributed by atoms with Crippen LogP contribution in [0.4, 0.5) is 11.4 Å². The van der Waals surface area contributed by atoms with Gasteiger partial charge in [0.2, 0.25) is 17.7 Å². The Hall–Kier alpha value is -2.41. The molecule has 1 aromatic carbocycles. The first-order chi connectivity index (χ1) is 9.99. The van der Waals surface area contributed by atoms with Crippen molar-refractivity contribution >= 4 is 29.1 Å². The summed E-state index contributed by atoms with van der Waals surface area (Å²) in [6, 6.07) is 6.35. The molecule has 1 saturated heterocycles. The van der Waals surface area contributed by atoms with Gasteiger partial charge in [-0.2, -0.15) is 0 Å². The molecule has 1 aromatic rings. The predicted octanol–water partition coefficient (Wildman–Crippen LogP) is -0.0557. The van der Waals surface area contributed by atoms with Crippen LogP contribution in [0.3, 0.4) is 0 Å². The van der Waals surface area contributed by atoms with E-state index >= 15 is 0 Å². The second-order valence-electron chi connectivity index (χ2n) is 4.92. The Kier molecular flexibility index (Phi) is 4.54. The third kappa shape index (κ3) is 3.79. The number of carbonyl (C=O) groups is 3. The highest BCUT2D eigenvalue weighted by molar-refractivity contribution is 6.02. The Morgan fingerprint density at radius 1 is 1.48 bits per heavy atom. The number of carbonyl (C=O) groups excluding carboxylic acids is 3. The van der Waals surface area contributed by atoms with E-state index in [4.69, 9.17) is 5.73 Å². The van der Waals surface area contributed by atoms with E-state index in [1.54, 1.807) is 29.2 Å². The number of imide groups is 1. The molecule has 1 unspecified atom stereocenters. The maximum atomic E-state index is 12.0. The zero-order chi connectivity index (χ0) is 15.4. The minimum absolute atomic E-state index is 0.0214. The highest BCUT2D eigenvalue weighted by atomic mass is 16.2. The Labute approximate surface area is 122 Å². The van der Waals surface area contributed by atoms with E-state index in [9.17, 15) is 14.4 Å². The average Bonchev–Trinajstić information content (AvgIpc) is 2.37.